The molecule has 0 radical (unpaired) electrons. The molecule has 0 aliphatic heterocycles. The molecule has 23 heavy (non-hydrogen) atoms. The third-order valence-electron chi connectivity index (χ3n) is 3.51. The summed E-state index contributed by atoms with van der Waals surface area (Å²) in [4.78, 5) is 20.8. The lowest BCUT2D eigenvalue weighted by atomic mass is 10.2. The summed E-state index contributed by atoms with van der Waals surface area (Å²) in [7, 11) is 0. The second-order valence-corrected chi connectivity index (χ2v) is 6.34. The molecule has 0 unspecified atom stereocenters. The molecular formula is C16H16N4O2S. The highest BCUT2D eigenvalue weighted by atomic mass is 32.2. The van der Waals surface area contributed by atoms with Crippen molar-refractivity contribution in [1.29, 1.82) is 5.26 Å². The van der Waals surface area contributed by atoms with Gasteiger partial charge >= 0.3 is 0 Å². The van der Waals surface area contributed by atoms with Gasteiger partial charge in [-0.2, -0.15) is 5.26 Å². The molecule has 2 aromatic rings. The first-order chi connectivity index (χ1) is 11.2. The molecule has 0 saturated heterocycles. The molecule has 0 spiro atoms. The van der Waals surface area contributed by atoms with Crippen LogP contribution in [0.4, 0.5) is 0 Å². The number of aryl methyl sites for hydroxylation is 1. The van der Waals surface area contributed by atoms with Gasteiger partial charge in [0.1, 0.15) is 28.2 Å². The van der Waals surface area contributed by atoms with E-state index >= 15 is 0 Å². The molecular weight excluding hydrogens is 312 g/mol. The van der Waals surface area contributed by atoms with E-state index < -0.39 is 0 Å². The van der Waals surface area contributed by atoms with Gasteiger partial charge in [-0.1, -0.05) is 11.8 Å². The highest BCUT2D eigenvalue weighted by Gasteiger charge is 2.28. The van der Waals surface area contributed by atoms with Gasteiger partial charge < -0.3 is 9.73 Å². The second-order valence-electron chi connectivity index (χ2n) is 5.38. The second kappa shape index (κ2) is 6.84. The third kappa shape index (κ3) is 3.90. The molecule has 1 N–H and O–H groups in total. The molecule has 1 fully saturated rings. The van der Waals surface area contributed by atoms with E-state index in [4.69, 9.17) is 4.42 Å². The number of carbonyl (C=O) groups excluding carboxylic acids is 1. The number of furan rings is 1. The fourth-order valence-corrected chi connectivity index (χ4v) is 2.97. The molecule has 7 heteroatoms. The minimum Gasteiger partial charge on any atom is -0.467 e. The first-order valence-corrected chi connectivity index (χ1v) is 8.36. The van der Waals surface area contributed by atoms with Crippen molar-refractivity contribution in [3.05, 3.63) is 41.2 Å². The van der Waals surface area contributed by atoms with E-state index in [2.05, 4.69) is 21.4 Å². The minimum atomic E-state index is -0.125. The lowest BCUT2D eigenvalue weighted by Gasteiger charge is -2.08. The predicted octanol–water partition coefficient (Wildman–Crippen LogP) is 2.54. The number of nitrogens with zero attached hydrogens (tertiary/aromatic N) is 3. The summed E-state index contributed by atoms with van der Waals surface area (Å²) in [6.45, 7) is 2.17. The summed E-state index contributed by atoms with van der Waals surface area (Å²) in [6.07, 6.45) is 3.76. The van der Waals surface area contributed by atoms with Crippen molar-refractivity contribution in [2.75, 3.05) is 5.75 Å². The van der Waals surface area contributed by atoms with Gasteiger partial charge in [0.05, 0.1) is 24.3 Å². The number of amides is 1. The number of rotatable bonds is 6. The van der Waals surface area contributed by atoms with Crippen molar-refractivity contribution in [2.24, 2.45) is 0 Å². The Morgan fingerprint density at radius 3 is 3.00 bits per heavy atom. The van der Waals surface area contributed by atoms with Crippen LogP contribution in [-0.4, -0.2) is 21.6 Å². The summed E-state index contributed by atoms with van der Waals surface area (Å²) in [5.41, 5.74) is 1.14. The summed E-state index contributed by atoms with van der Waals surface area (Å²) in [5.74, 6) is 1.98. The normalized spacial score (nSPS) is 13.6. The monoisotopic (exact) mass is 328 g/mol. The van der Waals surface area contributed by atoms with Crippen LogP contribution < -0.4 is 5.32 Å². The Labute approximate surface area is 138 Å². The van der Waals surface area contributed by atoms with E-state index in [1.54, 1.807) is 18.4 Å². The summed E-state index contributed by atoms with van der Waals surface area (Å²) >= 11 is 1.27. The Balaban J connectivity index is 1.62. The van der Waals surface area contributed by atoms with Gasteiger partial charge in [-0.05, 0) is 31.9 Å². The molecule has 1 saturated carbocycles. The number of hydrogen-bond acceptors (Lipinski definition) is 6. The van der Waals surface area contributed by atoms with Crippen LogP contribution in [0.25, 0.3) is 0 Å². The molecule has 118 valence electrons. The van der Waals surface area contributed by atoms with Crippen LogP contribution in [0.1, 0.15) is 41.6 Å². The van der Waals surface area contributed by atoms with Gasteiger partial charge in [-0.3, -0.25) is 4.79 Å². The van der Waals surface area contributed by atoms with Crippen LogP contribution in [-0.2, 0) is 11.3 Å². The summed E-state index contributed by atoms with van der Waals surface area (Å²) < 4.78 is 5.16. The molecule has 0 bridgehead atoms. The first kappa shape index (κ1) is 15.6. The number of nitrogens with one attached hydrogen (secondary N) is 1. The lowest BCUT2D eigenvalue weighted by molar-refractivity contribution is -0.118. The zero-order chi connectivity index (χ0) is 16.2. The molecule has 2 heterocycles. The molecule has 0 atom stereocenters. The van der Waals surface area contributed by atoms with Crippen LogP contribution in [0.2, 0.25) is 0 Å². The van der Waals surface area contributed by atoms with Crippen LogP contribution in [0.15, 0.2) is 27.8 Å². The Morgan fingerprint density at radius 1 is 1.52 bits per heavy atom. The maximum Gasteiger partial charge on any atom is 0.230 e. The number of thioether (sulfide) groups is 1. The quantitative estimate of drug-likeness (QED) is 0.647. The maximum atomic E-state index is 11.9. The van der Waals surface area contributed by atoms with Crippen LogP contribution in [0, 0.1) is 18.3 Å². The van der Waals surface area contributed by atoms with Crippen molar-refractivity contribution in [2.45, 2.75) is 37.3 Å². The van der Waals surface area contributed by atoms with E-state index in [1.807, 2.05) is 6.92 Å². The molecule has 1 aliphatic carbocycles. The van der Waals surface area contributed by atoms with Gasteiger partial charge in [0.2, 0.25) is 5.91 Å². The standard InChI is InChI=1S/C16H16N4O2S/c1-10-13(7-17)16(20-15(19-10)11-4-5-11)23-9-14(21)18-8-12-3-2-6-22-12/h2-3,6,11H,4-5,8-9H2,1H3,(H,18,21). The zero-order valence-electron chi connectivity index (χ0n) is 12.7. The van der Waals surface area contributed by atoms with E-state index in [1.165, 1.54) is 11.8 Å². The van der Waals surface area contributed by atoms with E-state index in [-0.39, 0.29) is 11.7 Å². The van der Waals surface area contributed by atoms with E-state index in [9.17, 15) is 10.1 Å². The predicted molar refractivity (Wildman–Crippen MR) is 84.7 cm³/mol. The molecule has 0 aromatic carbocycles. The number of hydrogen-bond donors (Lipinski definition) is 1. The van der Waals surface area contributed by atoms with Crippen LogP contribution in [0.5, 0.6) is 0 Å². The van der Waals surface area contributed by atoms with E-state index in [0.29, 0.717) is 34.5 Å². The maximum absolute atomic E-state index is 11.9. The molecule has 6 nitrogen and oxygen atoms in total. The average molecular weight is 328 g/mol. The smallest absolute Gasteiger partial charge is 0.230 e. The molecule has 3 rings (SSSR count). The largest absolute Gasteiger partial charge is 0.467 e. The fourth-order valence-electron chi connectivity index (χ4n) is 2.11. The zero-order valence-corrected chi connectivity index (χ0v) is 13.5. The highest BCUT2D eigenvalue weighted by Crippen LogP contribution is 2.39. The highest BCUT2D eigenvalue weighted by molar-refractivity contribution is 8.00. The van der Waals surface area contributed by atoms with Crippen molar-refractivity contribution >= 4 is 17.7 Å². The summed E-state index contributed by atoms with van der Waals surface area (Å²) in [6, 6.07) is 5.71. The van der Waals surface area contributed by atoms with E-state index in [0.717, 1.165) is 18.7 Å². The lowest BCUT2D eigenvalue weighted by Crippen LogP contribution is -2.24. The van der Waals surface area contributed by atoms with Gasteiger partial charge in [-0.15, -0.1) is 0 Å². The van der Waals surface area contributed by atoms with Crippen molar-refractivity contribution in [3.63, 3.8) is 0 Å². The molecule has 1 amide bonds. The minimum absolute atomic E-state index is 0.125. The van der Waals surface area contributed by atoms with Gasteiger partial charge in [0, 0.05) is 5.92 Å². The summed E-state index contributed by atoms with van der Waals surface area (Å²) in [5, 5.41) is 12.7. The van der Waals surface area contributed by atoms with Crippen molar-refractivity contribution in [3.8, 4) is 6.07 Å². The number of aromatic nitrogens is 2. The van der Waals surface area contributed by atoms with Crippen LogP contribution >= 0.6 is 11.8 Å². The topological polar surface area (TPSA) is 91.8 Å². The van der Waals surface area contributed by atoms with Crippen molar-refractivity contribution in [1.82, 2.24) is 15.3 Å². The van der Waals surface area contributed by atoms with Gasteiger partial charge in [0.25, 0.3) is 0 Å². The van der Waals surface area contributed by atoms with Crippen molar-refractivity contribution < 1.29 is 9.21 Å². The SMILES string of the molecule is Cc1nc(C2CC2)nc(SCC(=O)NCc2ccco2)c1C#N. The number of carbonyl (C=O) groups is 1. The average Bonchev–Trinajstić information content (AvgIpc) is 3.27. The van der Waals surface area contributed by atoms with Crippen LogP contribution in [0.3, 0.4) is 0 Å². The Morgan fingerprint density at radius 2 is 2.35 bits per heavy atom. The molecule has 1 aliphatic rings. The fraction of sp³-hybridized carbons (Fsp3) is 0.375. The van der Waals surface area contributed by atoms with Gasteiger partial charge in [-0.25, -0.2) is 9.97 Å². The Kier molecular flexibility index (Phi) is 4.63. The number of nitriles is 1. The molecule has 2 aromatic heterocycles. The third-order valence-corrected chi connectivity index (χ3v) is 4.48. The first-order valence-electron chi connectivity index (χ1n) is 7.38. The Bertz CT molecular complexity index is 748. The Hall–Kier alpha value is -2.33. The van der Waals surface area contributed by atoms with Gasteiger partial charge in [0.15, 0.2) is 0 Å².